The Morgan fingerprint density at radius 1 is 1.09 bits per heavy atom. The second-order valence-corrected chi connectivity index (χ2v) is 9.90. The molecule has 2 amide bonds. The van der Waals surface area contributed by atoms with Gasteiger partial charge in [0.15, 0.2) is 5.82 Å². The minimum atomic E-state index is -0.0421. The van der Waals surface area contributed by atoms with Crippen molar-refractivity contribution in [3.63, 3.8) is 0 Å². The number of carbonyl (C=O) groups is 2. The molecule has 0 unspecified atom stereocenters. The molecule has 0 aliphatic carbocycles. The maximum atomic E-state index is 13.3. The van der Waals surface area contributed by atoms with E-state index in [0.29, 0.717) is 23.6 Å². The molecule has 7 heteroatoms. The summed E-state index contributed by atoms with van der Waals surface area (Å²) in [4.78, 5) is 34.6. The van der Waals surface area contributed by atoms with Crippen molar-refractivity contribution >= 4 is 23.3 Å². The van der Waals surface area contributed by atoms with Crippen molar-refractivity contribution in [1.29, 1.82) is 0 Å². The van der Waals surface area contributed by atoms with Gasteiger partial charge in [-0.1, -0.05) is 44.2 Å². The molecule has 2 saturated heterocycles. The third-order valence-electron chi connectivity index (χ3n) is 6.67. The van der Waals surface area contributed by atoms with Crippen molar-refractivity contribution in [2.75, 3.05) is 49.5 Å². The maximum Gasteiger partial charge on any atom is 0.255 e. The number of aromatic nitrogens is 1. The molecule has 0 saturated carbocycles. The smallest absolute Gasteiger partial charge is 0.255 e. The van der Waals surface area contributed by atoms with Gasteiger partial charge in [0, 0.05) is 51.9 Å². The van der Waals surface area contributed by atoms with Gasteiger partial charge in [-0.05, 0) is 42.7 Å². The molecular formula is C27H37N5O2. The van der Waals surface area contributed by atoms with Crippen LogP contribution in [-0.4, -0.2) is 61.0 Å². The van der Waals surface area contributed by atoms with Crippen LogP contribution < -0.4 is 15.5 Å². The van der Waals surface area contributed by atoms with Gasteiger partial charge in [-0.3, -0.25) is 9.59 Å². The van der Waals surface area contributed by atoms with Gasteiger partial charge in [0.2, 0.25) is 5.91 Å². The van der Waals surface area contributed by atoms with Crippen LogP contribution in [-0.2, 0) is 11.2 Å². The lowest BCUT2D eigenvalue weighted by atomic mass is 9.90. The second kappa shape index (κ2) is 11.5. The van der Waals surface area contributed by atoms with Gasteiger partial charge in [-0.15, -0.1) is 0 Å². The lowest BCUT2D eigenvalue weighted by Crippen LogP contribution is -2.44. The molecule has 0 atom stereocenters. The summed E-state index contributed by atoms with van der Waals surface area (Å²) in [6, 6.07) is 12.4. The SMILES string of the molecule is CC(C)CC(=O)Nc1cc(C(=O)N2CCC(Cc3ccccc3)CC2)cnc1N1CCNCC1. The molecule has 3 heterocycles. The van der Waals surface area contributed by atoms with Crippen LogP contribution in [0.5, 0.6) is 0 Å². The minimum Gasteiger partial charge on any atom is -0.352 e. The fraction of sp³-hybridized carbons (Fsp3) is 0.519. The topological polar surface area (TPSA) is 77.6 Å². The highest BCUT2D eigenvalue weighted by Crippen LogP contribution is 2.28. The molecular weight excluding hydrogens is 426 g/mol. The Morgan fingerprint density at radius 2 is 1.79 bits per heavy atom. The van der Waals surface area contributed by atoms with Crippen molar-refractivity contribution in [1.82, 2.24) is 15.2 Å². The summed E-state index contributed by atoms with van der Waals surface area (Å²) in [6.45, 7) is 8.95. The Bertz CT molecular complexity index is 964. The molecule has 2 aliphatic heterocycles. The van der Waals surface area contributed by atoms with E-state index >= 15 is 0 Å². The van der Waals surface area contributed by atoms with Gasteiger partial charge >= 0.3 is 0 Å². The van der Waals surface area contributed by atoms with Gasteiger partial charge in [0.25, 0.3) is 5.91 Å². The molecule has 4 rings (SSSR count). The van der Waals surface area contributed by atoms with E-state index in [9.17, 15) is 9.59 Å². The first kappa shape index (κ1) is 24.2. The fourth-order valence-corrected chi connectivity index (χ4v) is 4.84. The van der Waals surface area contributed by atoms with E-state index in [2.05, 4.69) is 44.8 Å². The fourth-order valence-electron chi connectivity index (χ4n) is 4.84. The Balaban J connectivity index is 1.44. The van der Waals surface area contributed by atoms with E-state index in [-0.39, 0.29) is 17.7 Å². The van der Waals surface area contributed by atoms with Crippen LogP contribution in [0.4, 0.5) is 11.5 Å². The third kappa shape index (κ3) is 6.35. The molecule has 0 bridgehead atoms. The number of carbonyl (C=O) groups excluding carboxylic acids is 2. The number of anilines is 2. The highest BCUT2D eigenvalue weighted by Gasteiger charge is 2.26. The Morgan fingerprint density at radius 3 is 2.47 bits per heavy atom. The number of piperidine rings is 1. The third-order valence-corrected chi connectivity index (χ3v) is 6.67. The van der Waals surface area contributed by atoms with Crippen molar-refractivity contribution in [2.24, 2.45) is 11.8 Å². The monoisotopic (exact) mass is 463 g/mol. The molecule has 1 aromatic heterocycles. The number of piperazine rings is 1. The van der Waals surface area contributed by atoms with E-state index in [4.69, 9.17) is 0 Å². The first-order chi connectivity index (χ1) is 16.5. The molecule has 182 valence electrons. The number of likely N-dealkylation sites (tertiary alicyclic amines) is 1. The Kier molecular flexibility index (Phi) is 8.16. The standard InChI is InChI=1S/C27H37N5O2/c1-20(2)16-25(33)30-24-18-23(19-29-26(24)31-14-10-28-11-15-31)27(34)32-12-8-22(9-13-32)17-21-6-4-3-5-7-21/h3-7,18-20,22,28H,8-17H2,1-2H3,(H,30,33). The van der Waals surface area contributed by atoms with Crippen molar-refractivity contribution in [3.8, 4) is 0 Å². The number of hydrogen-bond acceptors (Lipinski definition) is 5. The van der Waals surface area contributed by atoms with Gasteiger partial charge in [-0.2, -0.15) is 0 Å². The van der Waals surface area contributed by atoms with Crippen LogP contribution >= 0.6 is 0 Å². The first-order valence-corrected chi connectivity index (χ1v) is 12.6. The van der Waals surface area contributed by atoms with Gasteiger partial charge in [0.05, 0.1) is 11.3 Å². The van der Waals surface area contributed by atoms with E-state index in [1.54, 1.807) is 6.20 Å². The van der Waals surface area contributed by atoms with E-state index in [1.807, 2.05) is 30.9 Å². The largest absolute Gasteiger partial charge is 0.352 e. The summed E-state index contributed by atoms with van der Waals surface area (Å²) >= 11 is 0. The average Bonchev–Trinajstić information content (AvgIpc) is 2.85. The highest BCUT2D eigenvalue weighted by atomic mass is 16.2. The summed E-state index contributed by atoms with van der Waals surface area (Å²) in [6.07, 6.45) is 5.19. The number of benzene rings is 1. The number of amides is 2. The first-order valence-electron chi connectivity index (χ1n) is 12.6. The Labute approximate surface area is 202 Å². The summed E-state index contributed by atoms with van der Waals surface area (Å²) < 4.78 is 0. The lowest BCUT2D eigenvalue weighted by Gasteiger charge is -2.33. The average molecular weight is 464 g/mol. The molecule has 0 radical (unpaired) electrons. The van der Waals surface area contributed by atoms with Crippen molar-refractivity contribution in [2.45, 2.75) is 39.5 Å². The van der Waals surface area contributed by atoms with E-state index in [0.717, 1.165) is 64.3 Å². The number of pyridine rings is 1. The highest BCUT2D eigenvalue weighted by molar-refractivity contribution is 5.99. The Hall–Kier alpha value is -2.93. The van der Waals surface area contributed by atoms with Gasteiger partial charge in [0.1, 0.15) is 0 Å². The molecule has 1 aromatic carbocycles. The van der Waals surface area contributed by atoms with Gasteiger partial charge < -0.3 is 20.4 Å². The molecule has 7 nitrogen and oxygen atoms in total. The van der Waals surface area contributed by atoms with Crippen LogP contribution in [0.1, 0.15) is 49.0 Å². The zero-order chi connectivity index (χ0) is 23.9. The zero-order valence-corrected chi connectivity index (χ0v) is 20.4. The van der Waals surface area contributed by atoms with E-state index < -0.39 is 0 Å². The van der Waals surface area contributed by atoms with Crippen molar-refractivity contribution in [3.05, 3.63) is 53.7 Å². The quantitative estimate of drug-likeness (QED) is 0.656. The van der Waals surface area contributed by atoms with Crippen LogP contribution in [0.15, 0.2) is 42.6 Å². The van der Waals surface area contributed by atoms with Crippen LogP contribution in [0, 0.1) is 11.8 Å². The molecule has 2 N–H and O–H groups in total. The normalized spacial score (nSPS) is 17.1. The summed E-state index contributed by atoms with van der Waals surface area (Å²) in [7, 11) is 0. The van der Waals surface area contributed by atoms with Gasteiger partial charge in [-0.25, -0.2) is 4.98 Å². The molecule has 2 fully saturated rings. The summed E-state index contributed by atoms with van der Waals surface area (Å²) in [5, 5.41) is 6.38. The predicted octanol–water partition coefficient (Wildman–Crippen LogP) is 3.57. The summed E-state index contributed by atoms with van der Waals surface area (Å²) in [5.74, 6) is 1.57. The number of hydrogen-bond donors (Lipinski definition) is 2. The predicted molar refractivity (Wildman–Crippen MR) is 136 cm³/mol. The second-order valence-electron chi connectivity index (χ2n) is 9.90. The summed E-state index contributed by atoms with van der Waals surface area (Å²) in [5.41, 5.74) is 2.54. The van der Waals surface area contributed by atoms with Crippen LogP contribution in [0.2, 0.25) is 0 Å². The molecule has 2 aromatic rings. The van der Waals surface area contributed by atoms with Crippen LogP contribution in [0.25, 0.3) is 0 Å². The number of nitrogens with one attached hydrogen (secondary N) is 2. The van der Waals surface area contributed by atoms with Crippen molar-refractivity contribution < 1.29 is 9.59 Å². The molecule has 2 aliphatic rings. The van der Waals surface area contributed by atoms with Crippen LogP contribution in [0.3, 0.4) is 0 Å². The molecule has 34 heavy (non-hydrogen) atoms. The number of nitrogens with zero attached hydrogens (tertiary/aromatic N) is 3. The minimum absolute atomic E-state index is 0.00289. The zero-order valence-electron chi connectivity index (χ0n) is 20.4. The molecule has 0 spiro atoms. The maximum absolute atomic E-state index is 13.3. The number of rotatable bonds is 7. The van der Waals surface area contributed by atoms with E-state index in [1.165, 1.54) is 5.56 Å². The lowest BCUT2D eigenvalue weighted by molar-refractivity contribution is -0.116.